The summed E-state index contributed by atoms with van der Waals surface area (Å²) < 4.78 is 0. The van der Waals surface area contributed by atoms with Gasteiger partial charge in [0.1, 0.15) is 0 Å². The van der Waals surface area contributed by atoms with E-state index in [4.69, 9.17) is 0 Å². The zero-order valence-electron chi connectivity index (χ0n) is 23.4. The number of hydrogen-bond acceptors (Lipinski definition) is 0. The van der Waals surface area contributed by atoms with E-state index in [9.17, 15) is 0 Å². The number of rotatable bonds is 7. The average Bonchev–Trinajstić information content (AvgIpc) is 2.85. The fourth-order valence-electron chi connectivity index (χ4n) is 3.53. The summed E-state index contributed by atoms with van der Waals surface area (Å²) in [6.07, 6.45) is 17.3. The molecule has 0 N–H and O–H groups in total. The summed E-state index contributed by atoms with van der Waals surface area (Å²) in [5.74, 6) is 2.10. The Labute approximate surface area is 205 Å². The Balaban J connectivity index is -0.000000172. The fraction of sp³-hybridized carbons (Fsp3) is 0.625. The lowest BCUT2D eigenvalue weighted by molar-refractivity contribution is 0.237. The van der Waals surface area contributed by atoms with E-state index in [1.54, 1.807) is 0 Å². The minimum Gasteiger partial charge on any atom is -0.106 e. The van der Waals surface area contributed by atoms with Crippen LogP contribution >= 0.6 is 0 Å². The van der Waals surface area contributed by atoms with Crippen molar-refractivity contribution < 1.29 is 0 Å². The summed E-state index contributed by atoms with van der Waals surface area (Å²) in [5.41, 5.74) is 2.65. The Bertz CT molecular complexity index is 438. The SMILES string of the molecule is C=C.C=C.C=CCc1ccc(C)cc1.CC.CCCCC.CCCCC1CCCCC1C. The molecule has 0 bridgehead atoms. The van der Waals surface area contributed by atoms with Crippen LogP contribution in [0.4, 0.5) is 0 Å². The molecule has 0 heterocycles. The van der Waals surface area contributed by atoms with Crippen molar-refractivity contribution in [1.82, 2.24) is 0 Å². The molecular formula is C32H60. The molecule has 1 aromatic carbocycles. The van der Waals surface area contributed by atoms with Gasteiger partial charge >= 0.3 is 0 Å². The van der Waals surface area contributed by atoms with Gasteiger partial charge in [-0.3, -0.25) is 0 Å². The monoisotopic (exact) mass is 444 g/mol. The zero-order valence-corrected chi connectivity index (χ0v) is 23.4. The van der Waals surface area contributed by atoms with Gasteiger partial charge in [-0.15, -0.1) is 32.9 Å². The van der Waals surface area contributed by atoms with Gasteiger partial charge in [0.25, 0.3) is 0 Å². The smallest absolute Gasteiger partial charge is 0.0100 e. The molecule has 0 heteroatoms. The standard InChI is InChI=1S/C11H22.C10H12.C5H12.C2H6.2C2H4/c1-3-4-8-11-9-6-5-7-10(11)2;1-3-4-10-7-5-9(2)6-8-10;1-3-5-4-2;3*1-2/h10-11H,3-9H2,1-2H3;3,5-8H,1,4H2,2H3;3-5H2,1-2H3;1-2H3;2*1-2H2. The number of hydrogen-bond donors (Lipinski definition) is 0. The van der Waals surface area contributed by atoms with Gasteiger partial charge in [0.05, 0.1) is 0 Å². The van der Waals surface area contributed by atoms with Crippen LogP contribution in [-0.4, -0.2) is 0 Å². The Morgan fingerprint density at radius 3 is 1.66 bits per heavy atom. The quantitative estimate of drug-likeness (QED) is 0.367. The van der Waals surface area contributed by atoms with Gasteiger partial charge in [0, 0.05) is 0 Å². The van der Waals surface area contributed by atoms with Gasteiger partial charge < -0.3 is 0 Å². The maximum absolute atomic E-state index is 3.68. The molecule has 1 saturated carbocycles. The highest BCUT2D eigenvalue weighted by molar-refractivity contribution is 5.22. The lowest BCUT2D eigenvalue weighted by Gasteiger charge is -2.28. The first-order chi connectivity index (χ1) is 15.6. The number of unbranched alkanes of at least 4 members (excludes halogenated alkanes) is 3. The van der Waals surface area contributed by atoms with Crippen molar-refractivity contribution in [2.24, 2.45) is 11.8 Å². The Morgan fingerprint density at radius 2 is 1.28 bits per heavy atom. The van der Waals surface area contributed by atoms with Gasteiger partial charge in [-0.05, 0) is 30.7 Å². The molecule has 0 nitrogen and oxygen atoms in total. The molecule has 1 aliphatic carbocycles. The van der Waals surface area contributed by atoms with E-state index >= 15 is 0 Å². The highest BCUT2D eigenvalue weighted by Gasteiger charge is 2.19. The van der Waals surface area contributed by atoms with Crippen molar-refractivity contribution in [2.45, 2.75) is 119 Å². The first-order valence-corrected chi connectivity index (χ1v) is 13.2. The van der Waals surface area contributed by atoms with Crippen LogP contribution in [0.3, 0.4) is 0 Å². The van der Waals surface area contributed by atoms with E-state index in [1.165, 1.54) is 75.3 Å². The molecule has 0 aromatic heterocycles. The number of benzene rings is 1. The Kier molecular flexibility index (Phi) is 40.2. The highest BCUT2D eigenvalue weighted by Crippen LogP contribution is 2.32. The molecule has 188 valence electrons. The molecule has 0 aliphatic heterocycles. The summed E-state index contributed by atoms with van der Waals surface area (Å²) >= 11 is 0. The van der Waals surface area contributed by atoms with Crippen LogP contribution in [0.5, 0.6) is 0 Å². The zero-order chi connectivity index (χ0) is 25.6. The molecule has 1 fully saturated rings. The van der Waals surface area contributed by atoms with Crippen LogP contribution in [0.2, 0.25) is 0 Å². The highest BCUT2D eigenvalue weighted by atomic mass is 14.3. The van der Waals surface area contributed by atoms with Gasteiger partial charge in [-0.25, -0.2) is 0 Å². The third kappa shape index (κ3) is 26.5. The predicted octanol–water partition coefficient (Wildman–Crippen LogP) is 11.6. The largest absolute Gasteiger partial charge is 0.106 e. The minimum absolute atomic E-state index is 0.972. The van der Waals surface area contributed by atoms with Crippen molar-refractivity contribution in [2.75, 3.05) is 0 Å². The molecule has 1 aromatic rings. The molecule has 0 amide bonds. The van der Waals surface area contributed by atoms with Gasteiger partial charge in [-0.2, -0.15) is 0 Å². The maximum Gasteiger partial charge on any atom is -0.0100 e. The first-order valence-electron chi connectivity index (χ1n) is 13.2. The van der Waals surface area contributed by atoms with Crippen LogP contribution in [0.1, 0.15) is 117 Å². The normalized spacial score (nSPS) is 15.7. The van der Waals surface area contributed by atoms with Gasteiger partial charge in [0.2, 0.25) is 0 Å². The van der Waals surface area contributed by atoms with Crippen molar-refractivity contribution in [3.05, 3.63) is 74.4 Å². The summed E-state index contributed by atoms with van der Waals surface area (Å²) in [6, 6.07) is 8.52. The molecule has 1 aliphatic rings. The van der Waals surface area contributed by atoms with E-state index in [2.05, 4.69) is 91.8 Å². The molecule has 32 heavy (non-hydrogen) atoms. The van der Waals surface area contributed by atoms with E-state index in [1.807, 2.05) is 19.9 Å². The third-order valence-electron chi connectivity index (χ3n) is 5.43. The van der Waals surface area contributed by atoms with Crippen LogP contribution in [0, 0.1) is 18.8 Å². The molecule has 0 spiro atoms. The average molecular weight is 445 g/mol. The van der Waals surface area contributed by atoms with Gasteiger partial charge in [-0.1, -0.05) is 142 Å². The molecule has 2 unspecified atom stereocenters. The third-order valence-corrected chi connectivity index (χ3v) is 5.43. The van der Waals surface area contributed by atoms with Crippen LogP contribution < -0.4 is 0 Å². The van der Waals surface area contributed by atoms with Crippen molar-refractivity contribution in [3.63, 3.8) is 0 Å². The second-order valence-corrected chi connectivity index (χ2v) is 8.00. The Morgan fingerprint density at radius 1 is 0.812 bits per heavy atom. The second-order valence-electron chi connectivity index (χ2n) is 8.00. The first kappa shape index (κ1) is 37.7. The van der Waals surface area contributed by atoms with Crippen molar-refractivity contribution in [3.8, 4) is 0 Å². The van der Waals surface area contributed by atoms with E-state index in [-0.39, 0.29) is 0 Å². The Hall–Kier alpha value is -1.56. The summed E-state index contributed by atoms with van der Waals surface area (Å²) in [7, 11) is 0. The van der Waals surface area contributed by atoms with Crippen molar-refractivity contribution >= 4 is 0 Å². The predicted molar refractivity (Wildman–Crippen MR) is 155 cm³/mol. The van der Waals surface area contributed by atoms with E-state index in [0.717, 1.165) is 18.3 Å². The number of aryl methyl sites for hydroxylation is 1. The lowest BCUT2D eigenvalue weighted by atomic mass is 9.78. The lowest BCUT2D eigenvalue weighted by Crippen LogP contribution is -2.16. The molecule has 2 atom stereocenters. The fourth-order valence-corrected chi connectivity index (χ4v) is 3.53. The molecular weight excluding hydrogens is 384 g/mol. The summed E-state index contributed by atoms with van der Waals surface area (Å²) in [5, 5.41) is 0. The summed E-state index contributed by atoms with van der Waals surface area (Å²) in [6.45, 7) is 30.9. The van der Waals surface area contributed by atoms with Crippen molar-refractivity contribution in [1.29, 1.82) is 0 Å². The van der Waals surface area contributed by atoms with Crippen LogP contribution in [0.15, 0.2) is 63.2 Å². The second kappa shape index (κ2) is 34.1. The minimum atomic E-state index is 0.972. The van der Waals surface area contributed by atoms with Gasteiger partial charge in [0.15, 0.2) is 0 Å². The number of allylic oxidation sites excluding steroid dienone is 1. The molecule has 0 radical (unpaired) electrons. The van der Waals surface area contributed by atoms with E-state index < -0.39 is 0 Å². The summed E-state index contributed by atoms with van der Waals surface area (Å²) in [4.78, 5) is 0. The van der Waals surface area contributed by atoms with Crippen LogP contribution in [-0.2, 0) is 6.42 Å². The topological polar surface area (TPSA) is 0 Å². The molecule has 0 saturated heterocycles. The van der Waals surface area contributed by atoms with E-state index in [0.29, 0.717) is 0 Å². The molecule has 2 rings (SSSR count). The van der Waals surface area contributed by atoms with Crippen LogP contribution in [0.25, 0.3) is 0 Å². The maximum atomic E-state index is 3.68.